The Kier molecular flexibility index (Phi) is 7.86. The average Bonchev–Trinajstić information content (AvgIpc) is 3.62. The summed E-state index contributed by atoms with van der Waals surface area (Å²) in [7, 11) is 0. The molecule has 1 aromatic heterocycles. The highest BCUT2D eigenvalue weighted by Crippen LogP contribution is 2.45. The Morgan fingerprint density at radius 2 is 1.26 bits per heavy atom. The molecule has 0 bridgehead atoms. The molecule has 0 aliphatic carbocycles. The maximum absolute atomic E-state index is 7.04. The second-order valence-electron chi connectivity index (χ2n) is 10.2. The average molecular weight is 579 g/mol. The SMILES string of the molecule is C=C/C=C(\C=C/C)c1nc(C)n(C2(c3ccccc3Cl)N=C(c3ccccc3)C(c3ccccc3)=N2)c1-c1ccccc1. The van der Waals surface area contributed by atoms with Gasteiger partial charge in [0.15, 0.2) is 0 Å². The molecule has 0 fully saturated rings. The predicted molar refractivity (Wildman–Crippen MR) is 180 cm³/mol. The van der Waals surface area contributed by atoms with Crippen LogP contribution in [0, 0.1) is 6.92 Å². The van der Waals surface area contributed by atoms with Gasteiger partial charge in [-0.1, -0.05) is 152 Å². The van der Waals surface area contributed by atoms with Crippen molar-refractivity contribution in [3.8, 4) is 11.3 Å². The molecular weight excluding hydrogens is 548 g/mol. The maximum Gasteiger partial charge on any atom is 0.262 e. The van der Waals surface area contributed by atoms with Crippen molar-refractivity contribution in [2.45, 2.75) is 19.6 Å². The van der Waals surface area contributed by atoms with E-state index in [1.807, 2.05) is 111 Å². The highest BCUT2D eigenvalue weighted by Gasteiger charge is 2.45. The Balaban J connectivity index is 1.78. The van der Waals surface area contributed by atoms with Gasteiger partial charge in [0.05, 0.1) is 27.8 Å². The van der Waals surface area contributed by atoms with Gasteiger partial charge in [0.2, 0.25) is 0 Å². The van der Waals surface area contributed by atoms with Crippen LogP contribution >= 0.6 is 11.6 Å². The minimum absolute atomic E-state index is 0.570. The number of hydrogen-bond acceptors (Lipinski definition) is 3. The zero-order valence-electron chi connectivity index (χ0n) is 24.2. The summed E-state index contributed by atoms with van der Waals surface area (Å²) in [6, 6.07) is 38.5. The van der Waals surface area contributed by atoms with Crippen molar-refractivity contribution < 1.29 is 0 Å². The van der Waals surface area contributed by atoms with Crippen LogP contribution < -0.4 is 0 Å². The summed E-state index contributed by atoms with van der Waals surface area (Å²) in [5, 5.41) is 0.570. The fourth-order valence-electron chi connectivity index (χ4n) is 5.61. The van der Waals surface area contributed by atoms with Gasteiger partial charge in [-0.15, -0.1) is 0 Å². The van der Waals surface area contributed by atoms with Gasteiger partial charge in [0.25, 0.3) is 5.79 Å². The highest BCUT2D eigenvalue weighted by atomic mass is 35.5. The lowest BCUT2D eigenvalue weighted by molar-refractivity contribution is 0.396. The molecule has 2 heterocycles. The van der Waals surface area contributed by atoms with E-state index in [2.05, 4.69) is 47.5 Å². The number of aromatic nitrogens is 2. The van der Waals surface area contributed by atoms with Crippen LogP contribution in [0.25, 0.3) is 16.8 Å². The monoisotopic (exact) mass is 578 g/mol. The second-order valence-corrected chi connectivity index (χ2v) is 10.6. The number of nitrogens with zero attached hydrogens (tertiary/aromatic N) is 4. The van der Waals surface area contributed by atoms with Crippen LogP contribution in [-0.4, -0.2) is 21.0 Å². The van der Waals surface area contributed by atoms with Crippen LogP contribution in [0.15, 0.2) is 156 Å². The fraction of sp³-hybridized carbons (Fsp3) is 0.0789. The predicted octanol–water partition coefficient (Wildman–Crippen LogP) is 9.31. The van der Waals surface area contributed by atoms with E-state index in [4.69, 9.17) is 26.6 Å². The van der Waals surface area contributed by atoms with Crippen molar-refractivity contribution in [1.82, 2.24) is 9.55 Å². The molecule has 0 saturated carbocycles. The van der Waals surface area contributed by atoms with Crippen LogP contribution in [0.2, 0.25) is 5.02 Å². The van der Waals surface area contributed by atoms with Crippen molar-refractivity contribution in [3.05, 3.63) is 179 Å². The van der Waals surface area contributed by atoms with E-state index in [-0.39, 0.29) is 0 Å². The van der Waals surface area contributed by atoms with Crippen LogP contribution in [0.5, 0.6) is 0 Å². The third-order valence-corrected chi connectivity index (χ3v) is 7.74. The lowest BCUT2D eigenvalue weighted by Gasteiger charge is -2.30. The molecule has 4 nitrogen and oxygen atoms in total. The van der Waals surface area contributed by atoms with Crippen LogP contribution in [0.3, 0.4) is 0 Å². The van der Waals surface area contributed by atoms with E-state index in [1.54, 1.807) is 6.08 Å². The Bertz CT molecular complexity index is 1840. The number of rotatable bonds is 8. The molecule has 0 unspecified atom stereocenters. The zero-order chi connectivity index (χ0) is 29.8. The number of halogens is 1. The normalized spacial score (nSPS) is 14.5. The van der Waals surface area contributed by atoms with Gasteiger partial charge >= 0.3 is 0 Å². The first-order chi connectivity index (χ1) is 21.1. The molecule has 0 spiro atoms. The van der Waals surface area contributed by atoms with Crippen LogP contribution in [0.1, 0.15) is 35.1 Å². The summed E-state index contributed by atoms with van der Waals surface area (Å²) in [6.07, 6.45) is 7.82. The van der Waals surface area contributed by atoms with E-state index in [9.17, 15) is 0 Å². The Labute approximate surface area is 257 Å². The summed E-state index contributed by atoms with van der Waals surface area (Å²) >= 11 is 7.04. The number of allylic oxidation sites excluding steroid dienone is 5. The molecule has 0 N–H and O–H groups in total. The van der Waals surface area contributed by atoms with Gasteiger partial charge in [0, 0.05) is 27.8 Å². The van der Waals surface area contributed by atoms with Crippen LogP contribution in [0.4, 0.5) is 0 Å². The molecule has 0 radical (unpaired) electrons. The van der Waals surface area contributed by atoms with E-state index in [0.717, 1.165) is 56.5 Å². The maximum atomic E-state index is 7.04. The molecule has 1 aliphatic rings. The van der Waals surface area contributed by atoms with Gasteiger partial charge in [-0.2, -0.15) is 0 Å². The molecule has 4 aromatic carbocycles. The summed E-state index contributed by atoms with van der Waals surface area (Å²) in [5.41, 5.74) is 7.91. The van der Waals surface area contributed by atoms with Crippen molar-refractivity contribution in [3.63, 3.8) is 0 Å². The van der Waals surface area contributed by atoms with Gasteiger partial charge in [0.1, 0.15) is 5.82 Å². The summed E-state index contributed by atoms with van der Waals surface area (Å²) in [6.45, 7) is 7.97. The molecular formula is C38H31ClN4. The largest absolute Gasteiger partial charge is 0.279 e. The number of hydrogen-bond donors (Lipinski definition) is 0. The van der Waals surface area contributed by atoms with Crippen molar-refractivity contribution in [1.29, 1.82) is 0 Å². The molecule has 0 saturated heterocycles. The highest BCUT2D eigenvalue weighted by molar-refractivity contribution is 6.54. The molecule has 210 valence electrons. The van der Waals surface area contributed by atoms with Crippen LogP contribution in [-0.2, 0) is 5.79 Å². The summed E-state index contributed by atoms with van der Waals surface area (Å²) in [4.78, 5) is 16.3. The third kappa shape index (κ3) is 5.11. The van der Waals surface area contributed by atoms with E-state index in [0.29, 0.717) is 5.02 Å². The molecule has 5 heteroatoms. The Morgan fingerprint density at radius 3 is 1.77 bits per heavy atom. The first-order valence-corrected chi connectivity index (χ1v) is 14.6. The van der Waals surface area contributed by atoms with Crippen molar-refractivity contribution in [2.24, 2.45) is 9.98 Å². The zero-order valence-corrected chi connectivity index (χ0v) is 24.9. The minimum atomic E-state index is -1.27. The summed E-state index contributed by atoms with van der Waals surface area (Å²) < 4.78 is 2.14. The molecule has 0 amide bonds. The fourth-order valence-corrected chi connectivity index (χ4v) is 5.87. The first kappa shape index (κ1) is 28.1. The van der Waals surface area contributed by atoms with Gasteiger partial charge in [-0.05, 0) is 19.9 Å². The lowest BCUT2D eigenvalue weighted by atomic mass is 10.0. The van der Waals surface area contributed by atoms with E-state index < -0.39 is 5.79 Å². The van der Waals surface area contributed by atoms with E-state index in [1.165, 1.54) is 0 Å². The Hall–Kier alpha value is -5.06. The molecule has 0 atom stereocenters. The van der Waals surface area contributed by atoms with Crippen molar-refractivity contribution >= 4 is 28.6 Å². The number of imidazole rings is 1. The van der Waals surface area contributed by atoms with Gasteiger partial charge < -0.3 is 0 Å². The Morgan fingerprint density at radius 1 is 0.744 bits per heavy atom. The number of aliphatic imine (C=N–C) groups is 2. The number of benzene rings is 4. The topological polar surface area (TPSA) is 42.5 Å². The minimum Gasteiger partial charge on any atom is -0.279 e. The van der Waals surface area contributed by atoms with Crippen molar-refractivity contribution in [2.75, 3.05) is 0 Å². The lowest BCUT2D eigenvalue weighted by Crippen LogP contribution is -2.32. The number of aryl methyl sites for hydroxylation is 1. The standard InChI is InChI=1S/C38H31ClN4/c1-4-17-28(18-5-2)36-37(31-23-13-8-14-24-31)43(27(3)40-36)38(32-25-15-16-26-33(32)39)41-34(29-19-9-6-10-20-29)35(42-38)30-21-11-7-12-22-30/h4-26H,1H2,2-3H3/b18-5-,28-17+. The molecule has 43 heavy (non-hydrogen) atoms. The second kappa shape index (κ2) is 12.0. The van der Waals surface area contributed by atoms with E-state index >= 15 is 0 Å². The van der Waals surface area contributed by atoms with Gasteiger partial charge in [-0.25, -0.2) is 15.0 Å². The molecule has 1 aliphatic heterocycles. The smallest absolute Gasteiger partial charge is 0.262 e. The summed E-state index contributed by atoms with van der Waals surface area (Å²) in [5.74, 6) is -0.521. The third-order valence-electron chi connectivity index (χ3n) is 7.41. The molecule has 6 rings (SSSR count). The quantitative estimate of drug-likeness (QED) is 0.169. The molecule has 5 aromatic rings. The first-order valence-electron chi connectivity index (χ1n) is 14.2. The van der Waals surface area contributed by atoms with Gasteiger partial charge in [-0.3, -0.25) is 4.57 Å².